The minimum atomic E-state index is -0.245. The van der Waals surface area contributed by atoms with Crippen molar-refractivity contribution >= 4 is 11.8 Å². The van der Waals surface area contributed by atoms with Crippen molar-refractivity contribution in [1.82, 2.24) is 25.0 Å². The lowest BCUT2D eigenvalue weighted by molar-refractivity contribution is -0.135. The minimum absolute atomic E-state index is 0.0289. The van der Waals surface area contributed by atoms with Crippen molar-refractivity contribution in [3.63, 3.8) is 0 Å². The van der Waals surface area contributed by atoms with Crippen LogP contribution in [0.4, 0.5) is 0 Å². The molecule has 0 saturated carbocycles. The molecule has 8 nitrogen and oxygen atoms in total. The van der Waals surface area contributed by atoms with Gasteiger partial charge in [-0.25, -0.2) is 0 Å². The van der Waals surface area contributed by atoms with Gasteiger partial charge >= 0.3 is 0 Å². The zero-order valence-electron chi connectivity index (χ0n) is 20.1. The van der Waals surface area contributed by atoms with Crippen molar-refractivity contribution in [3.8, 4) is 0 Å². The number of carbonyl (C=O) groups excluding carboxylic acids is 2. The fourth-order valence-electron chi connectivity index (χ4n) is 4.86. The van der Waals surface area contributed by atoms with Gasteiger partial charge in [-0.3, -0.25) is 9.59 Å². The molecule has 0 radical (unpaired) electrons. The van der Waals surface area contributed by atoms with E-state index >= 15 is 0 Å². The highest BCUT2D eigenvalue weighted by Gasteiger charge is 2.31. The topological polar surface area (TPSA) is 89.4 Å². The first kappa shape index (κ1) is 23.4. The normalized spacial score (nSPS) is 19.3. The standard InChI is InChI=1S/C25H35N5O3/c1-16(2)11-21(26-24(31)20-13-17(3)12-18(4)14-20)23-28-27-22-5-7-29(8-9-30(22)23)25(32)19-6-10-33-15-19/h12-14,16,19,21H,5-11,15H2,1-4H3,(H,26,31)/t19-,21+/m1/s1. The highest BCUT2D eigenvalue weighted by atomic mass is 16.5. The summed E-state index contributed by atoms with van der Waals surface area (Å²) >= 11 is 0. The first-order valence-corrected chi connectivity index (χ1v) is 12.0. The number of fused-ring (bicyclic) bond motifs is 1. The maximum Gasteiger partial charge on any atom is 0.251 e. The molecule has 1 N–H and O–H groups in total. The van der Waals surface area contributed by atoms with Gasteiger partial charge < -0.3 is 19.5 Å². The Morgan fingerprint density at radius 3 is 2.55 bits per heavy atom. The van der Waals surface area contributed by atoms with Gasteiger partial charge in [0, 0.05) is 38.2 Å². The minimum Gasteiger partial charge on any atom is -0.381 e. The van der Waals surface area contributed by atoms with Gasteiger partial charge in [-0.1, -0.05) is 31.0 Å². The summed E-state index contributed by atoms with van der Waals surface area (Å²) in [6, 6.07) is 5.64. The first-order valence-electron chi connectivity index (χ1n) is 12.0. The monoisotopic (exact) mass is 453 g/mol. The number of amides is 2. The van der Waals surface area contributed by atoms with E-state index in [2.05, 4.69) is 40.0 Å². The van der Waals surface area contributed by atoms with E-state index in [0.717, 1.165) is 35.6 Å². The van der Waals surface area contributed by atoms with E-state index in [4.69, 9.17) is 4.74 Å². The van der Waals surface area contributed by atoms with E-state index in [9.17, 15) is 9.59 Å². The highest BCUT2D eigenvalue weighted by molar-refractivity contribution is 5.94. The number of nitrogens with one attached hydrogen (secondary N) is 1. The Hall–Kier alpha value is -2.74. The van der Waals surface area contributed by atoms with E-state index < -0.39 is 0 Å². The number of aryl methyl sites for hydroxylation is 2. The second kappa shape index (κ2) is 10.0. The third kappa shape index (κ3) is 5.43. The number of hydrogen-bond acceptors (Lipinski definition) is 5. The summed E-state index contributed by atoms with van der Waals surface area (Å²) in [5, 5.41) is 12.2. The highest BCUT2D eigenvalue weighted by Crippen LogP contribution is 2.24. The molecule has 0 spiro atoms. The molecule has 33 heavy (non-hydrogen) atoms. The molecule has 4 rings (SSSR count). The maximum absolute atomic E-state index is 13.1. The van der Waals surface area contributed by atoms with Gasteiger partial charge in [0.25, 0.3) is 5.91 Å². The molecule has 0 bridgehead atoms. The van der Waals surface area contributed by atoms with Crippen LogP contribution < -0.4 is 5.32 Å². The zero-order valence-corrected chi connectivity index (χ0v) is 20.1. The molecule has 1 aromatic heterocycles. The summed E-state index contributed by atoms with van der Waals surface area (Å²) in [5.41, 5.74) is 2.79. The SMILES string of the molecule is Cc1cc(C)cc(C(=O)N[C@@H](CC(C)C)c2nnc3n2CCN(C(=O)[C@@H]2CCOC2)CC3)c1. The molecule has 1 fully saturated rings. The number of benzene rings is 1. The number of carbonyl (C=O) groups is 2. The lowest BCUT2D eigenvalue weighted by Gasteiger charge is -2.24. The molecule has 1 saturated heterocycles. The Morgan fingerprint density at radius 1 is 1.12 bits per heavy atom. The van der Waals surface area contributed by atoms with Crippen LogP contribution in [-0.4, -0.2) is 57.8 Å². The summed E-state index contributed by atoms with van der Waals surface area (Å²) in [7, 11) is 0. The molecule has 8 heteroatoms. The van der Waals surface area contributed by atoms with Gasteiger partial charge in [-0.15, -0.1) is 10.2 Å². The largest absolute Gasteiger partial charge is 0.381 e. The van der Waals surface area contributed by atoms with Crippen LogP contribution in [0.25, 0.3) is 0 Å². The van der Waals surface area contributed by atoms with Crippen molar-refractivity contribution in [1.29, 1.82) is 0 Å². The lowest BCUT2D eigenvalue weighted by Crippen LogP contribution is -2.38. The van der Waals surface area contributed by atoms with Crippen LogP contribution in [0, 0.1) is 25.7 Å². The molecule has 1 aromatic carbocycles. The lowest BCUT2D eigenvalue weighted by atomic mass is 10.0. The van der Waals surface area contributed by atoms with E-state index in [1.165, 1.54) is 0 Å². The molecule has 2 aliphatic heterocycles. The average molecular weight is 454 g/mol. The fourth-order valence-corrected chi connectivity index (χ4v) is 4.86. The molecule has 2 aliphatic rings. The number of ether oxygens (including phenoxy) is 1. The van der Waals surface area contributed by atoms with Crippen LogP contribution in [0.5, 0.6) is 0 Å². The van der Waals surface area contributed by atoms with Gasteiger partial charge in [0.15, 0.2) is 5.82 Å². The van der Waals surface area contributed by atoms with Crippen LogP contribution in [0.15, 0.2) is 18.2 Å². The molecule has 2 aromatic rings. The first-order chi connectivity index (χ1) is 15.8. The fraction of sp³-hybridized carbons (Fsp3) is 0.600. The molecule has 2 atom stereocenters. The quantitative estimate of drug-likeness (QED) is 0.727. The molecule has 3 heterocycles. The summed E-state index contributed by atoms with van der Waals surface area (Å²) in [6.07, 6.45) is 2.22. The van der Waals surface area contributed by atoms with Crippen molar-refractivity contribution < 1.29 is 14.3 Å². The summed E-state index contributed by atoms with van der Waals surface area (Å²) < 4.78 is 7.51. The van der Waals surface area contributed by atoms with Crippen molar-refractivity contribution in [2.75, 3.05) is 26.3 Å². The molecule has 0 unspecified atom stereocenters. The Morgan fingerprint density at radius 2 is 1.88 bits per heavy atom. The van der Waals surface area contributed by atoms with Crippen molar-refractivity contribution in [3.05, 3.63) is 46.5 Å². The summed E-state index contributed by atoms with van der Waals surface area (Å²) in [4.78, 5) is 28.0. The molecule has 2 amide bonds. The molecule has 178 valence electrons. The van der Waals surface area contributed by atoms with E-state index in [-0.39, 0.29) is 23.8 Å². The van der Waals surface area contributed by atoms with Crippen LogP contribution in [0.1, 0.15) is 65.9 Å². The third-order valence-electron chi connectivity index (χ3n) is 6.45. The Kier molecular flexibility index (Phi) is 7.12. The van der Waals surface area contributed by atoms with Gasteiger partial charge in [0.1, 0.15) is 5.82 Å². The Labute approximate surface area is 195 Å². The second-order valence-corrected chi connectivity index (χ2v) is 9.79. The number of nitrogens with zero attached hydrogens (tertiary/aromatic N) is 4. The van der Waals surface area contributed by atoms with E-state index in [0.29, 0.717) is 50.8 Å². The van der Waals surface area contributed by atoms with Crippen molar-refractivity contribution in [2.45, 2.75) is 59.5 Å². The molecular formula is C25H35N5O3. The predicted molar refractivity (Wildman–Crippen MR) is 125 cm³/mol. The predicted octanol–water partition coefficient (Wildman–Crippen LogP) is 2.83. The second-order valence-electron chi connectivity index (χ2n) is 9.79. The molecule has 0 aliphatic carbocycles. The maximum atomic E-state index is 13.1. The molecular weight excluding hydrogens is 418 g/mol. The zero-order chi connectivity index (χ0) is 23.5. The summed E-state index contributed by atoms with van der Waals surface area (Å²) in [5.74, 6) is 2.06. The van der Waals surface area contributed by atoms with Gasteiger partial charge in [-0.05, 0) is 44.7 Å². The van der Waals surface area contributed by atoms with Crippen LogP contribution in [0.3, 0.4) is 0 Å². The van der Waals surface area contributed by atoms with Crippen LogP contribution >= 0.6 is 0 Å². The number of hydrogen-bond donors (Lipinski definition) is 1. The van der Waals surface area contributed by atoms with Gasteiger partial charge in [0.2, 0.25) is 5.91 Å². The Balaban J connectivity index is 1.52. The third-order valence-corrected chi connectivity index (χ3v) is 6.45. The van der Waals surface area contributed by atoms with Gasteiger partial charge in [0.05, 0.1) is 18.6 Å². The van der Waals surface area contributed by atoms with E-state index in [1.54, 1.807) is 0 Å². The number of rotatable bonds is 6. The van der Waals surface area contributed by atoms with Crippen molar-refractivity contribution in [2.24, 2.45) is 11.8 Å². The average Bonchev–Trinajstić information content (AvgIpc) is 3.38. The van der Waals surface area contributed by atoms with Crippen LogP contribution in [0.2, 0.25) is 0 Å². The Bertz CT molecular complexity index is 989. The van der Waals surface area contributed by atoms with Gasteiger partial charge in [-0.2, -0.15) is 0 Å². The smallest absolute Gasteiger partial charge is 0.251 e. The van der Waals surface area contributed by atoms with E-state index in [1.807, 2.05) is 30.9 Å². The summed E-state index contributed by atoms with van der Waals surface area (Å²) in [6.45, 7) is 11.3. The van der Waals surface area contributed by atoms with Crippen LogP contribution in [-0.2, 0) is 22.5 Å². The number of aromatic nitrogens is 3.